The molecule has 0 rings (SSSR count). The minimum atomic E-state index is 0. The molecule has 0 nitrogen and oxygen atoms in total. The minimum absolute atomic E-state index is 0. The first-order chi connectivity index (χ1) is 5.74. The third-order valence-corrected chi connectivity index (χ3v) is 1.06. The average Bonchev–Trinajstić information content (AvgIpc) is 2.18. The van der Waals surface area contributed by atoms with E-state index in [9.17, 15) is 0 Å². The van der Waals surface area contributed by atoms with Gasteiger partial charge < -0.3 is 33.2 Å². The summed E-state index contributed by atoms with van der Waals surface area (Å²) >= 11 is 0. The first kappa shape index (κ1) is 36.0. The Hall–Kier alpha value is 1.34. The Kier molecular flexibility index (Phi) is 140. The molecule has 0 saturated heterocycles. The fraction of sp³-hybridized carbons (Fsp3) is 0.750. The van der Waals surface area contributed by atoms with E-state index in [-0.39, 0.29) is 41.8 Å². The van der Waals surface area contributed by atoms with E-state index in [4.69, 9.17) is 0 Å². The van der Waals surface area contributed by atoms with E-state index in [1.54, 1.807) is 0 Å². The van der Waals surface area contributed by atoms with Gasteiger partial charge in [-0.3, -0.25) is 0 Å². The van der Waals surface area contributed by atoms with Crippen molar-refractivity contribution in [2.75, 3.05) is 0 Å². The van der Waals surface area contributed by atoms with Crippen LogP contribution in [0.3, 0.4) is 0 Å². The Morgan fingerprint density at radius 2 is 0.733 bits per heavy atom. The van der Waals surface area contributed by atoms with Gasteiger partial charge in [0.25, 0.3) is 0 Å². The fourth-order valence-corrected chi connectivity index (χ4v) is 0. The van der Waals surface area contributed by atoms with Gasteiger partial charge in [-0.2, -0.15) is 29.2 Å². The summed E-state index contributed by atoms with van der Waals surface area (Å²) in [6.07, 6.45) is 6.83. The van der Waals surface area contributed by atoms with E-state index in [2.05, 4.69) is 41.5 Å². The Bertz CT molecular complexity index is 31.1. The van der Waals surface area contributed by atoms with Gasteiger partial charge in [-0.05, 0) is 0 Å². The van der Waals surface area contributed by atoms with Crippen LogP contribution in [0.5, 0.6) is 0 Å². The van der Waals surface area contributed by atoms with Crippen LogP contribution >= 0.6 is 9.90 Å². The average molecular weight is 342 g/mol. The molecular formula is C12H30ClPRu. The second-order valence-electron chi connectivity index (χ2n) is 2.56. The van der Waals surface area contributed by atoms with E-state index in [0.29, 0.717) is 0 Å². The first-order valence-corrected chi connectivity index (χ1v) is 5.12. The molecule has 3 heteroatoms. The predicted octanol–water partition coefficient (Wildman–Crippen LogP) is 1.92. The topological polar surface area (TPSA) is 0 Å². The molecular weight excluding hydrogens is 312 g/mol. The third kappa shape index (κ3) is 145. The molecule has 0 aromatic heterocycles. The predicted molar refractivity (Wildman–Crippen MR) is 71.9 cm³/mol. The van der Waals surface area contributed by atoms with Gasteiger partial charge in [0.2, 0.25) is 0 Å². The number of hydrogen-bond donors (Lipinski definition) is 0. The molecule has 0 aliphatic rings. The first-order valence-electron chi connectivity index (χ1n) is 5.12. The molecule has 1 atom stereocenters. The van der Waals surface area contributed by atoms with E-state index < -0.39 is 0 Å². The van der Waals surface area contributed by atoms with Crippen LogP contribution in [0.2, 0.25) is 0 Å². The zero-order chi connectivity index (χ0) is 10.2. The van der Waals surface area contributed by atoms with Crippen LogP contribution in [0.4, 0.5) is 0 Å². The van der Waals surface area contributed by atoms with Crippen LogP contribution in [0.1, 0.15) is 59.3 Å². The molecule has 0 heterocycles. The van der Waals surface area contributed by atoms with E-state index in [1.807, 2.05) is 0 Å². The quantitative estimate of drug-likeness (QED) is 0.418. The molecule has 0 aromatic rings. The van der Waals surface area contributed by atoms with Gasteiger partial charge in [-0.15, -0.1) is 0 Å². The molecule has 0 aliphatic heterocycles. The Morgan fingerprint density at radius 1 is 0.667 bits per heavy atom. The Morgan fingerprint density at radius 3 is 0.733 bits per heavy atom. The number of rotatable bonds is 3. The number of halogens is 1. The molecule has 0 N–H and O–H groups in total. The summed E-state index contributed by atoms with van der Waals surface area (Å²) in [5, 5.41) is 0. The normalized spacial score (nSPS) is 6.00. The van der Waals surface area contributed by atoms with Crippen molar-refractivity contribution in [3.8, 4) is 0 Å². The molecule has 0 spiro atoms. The molecule has 0 saturated carbocycles. The molecule has 98 valence electrons. The standard InChI is InChI=1S/3C4H9.ClH.H3P.Ru/c3*1-3-4-2;;;/h3*1,3-4H2,2H3;1H;1H3;/q3*-1;;;+4/p-1. The molecule has 0 radical (unpaired) electrons. The smallest absolute Gasteiger partial charge is 1.00 e. The molecule has 0 aromatic carbocycles. The van der Waals surface area contributed by atoms with Crippen molar-refractivity contribution in [1.82, 2.24) is 0 Å². The maximum absolute atomic E-state index is 3.60. The number of unbranched alkanes of at least 4 members (excludes halogenated alkanes) is 3. The van der Waals surface area contributed by atoms with Crippen molar-refractivity contribution >= 4 is 9.90 Å². The van der Waals surface area contributed by atoms with Crippen LogP contribution < -0.4 is 12.4 Å². The molecule has 0 amide bonds. The van der Waals surface area contributed by atoms with Gasteiger partial charge in [0.1, 0.15) is 0 Å². The van der Waals surface area contributed by atoms with Crippen molar-refractivity contribution in [3.05, 3.63) is 20.8 Å². The maximum Gasteiger partial charge on any atom is 4.00 e. The SMILES string of the molecule is P.[CH2-]CCC.[CH2-]CCC.[CH2-]CCC.[Cl-].[Ru+4]. The summed E-state index contributed by atoms with van der Waals surface area (Å²) in [5.41, 5.74) is 0. The molecule has 1 unspecified atom stereocenters. The zero-order valence-electron chi connectivity index (χ0n) is 10.8. The molecule has 15 heavy (non-hydrogen) atoms. The van der Waals surface area contributed by atoms with Crippen molar-refractivity contribution < 1.29 is 31.9 Å². The van der Waals surface area contributed by atoms with Crippen LogP contribution in [0, 0.1) is 20.8 Å². The summed E-state index contributed by atoms with van der Waals surface area (Å²) in [6, 6.07) is 0. The Balaban J connectivity index is -0.0000000184. The van der Waals surface area contributed by atoms with Gasteiger partial charge >= 0.3 is 19.5 Å². The van der Waals surface area contributed by atoms with Crippen LogP contribution in [-0.4, -0.2) is 0 Å². The van der Waals surface area contributed by atoms with E-state index in [0.717, 1.165) is 19.3 Å². The van der Waals surface area contributed by atoms with Gasteiger partial charge in [0.05, 0.1) is 0 Å². The van der Waals surface area contributed by atoms with Crippen LogP contribution in [0.25, 0.3) is 0 Å². The largest absolute Gasteiger partial charge is 4.00 e. The van der Waals surface area contributed by atoms with Crippen molar-refractivity contribution in [1.29, 1.82) is 0 Å². The van der Waals surface area contributed by atoms with Crippen LogP contribution in [0.15, 0.2) is 0 Å². The van der Waals surface area contributed by atoms with Crippen molar-refractivity contribution in [3.63, 3.8) is 0 Å². The third-order valence-electron chi connectivity index (χ3n) is 1.06. The van der Waals surface area contributed by atoms with Crippen LogP contribution in [-0.2, 0) is 19.5 Å². The van der Waals surface area contributed by atoms with Gasteiger partial charge in [0.15, 0.2) is 0 Å². The molecule has 0 fully saturated rings. The summed E-state index contributed by atoms with van der Waals surface area (Å²) in [4.78, 5) is 0. The van der Waals surface area contributed by atoms with Crippen molar-refractivity contribution in [2.45, 2.75) is 59.3 Å². The number of hydrogen-bond acceptors (Lipinski definition) is 0. The van der Waals surface area contributed by atoms with Gasteiger partial charge in [-0.1, -0.05) is 40.0 Å². The van der Waals surface area contributed by atoms with Gasteiger partial charge in [-0.25, -0.2) is 0 Å². The zero-order valence-corrected chi connectivity index (χ0v) is 14.7. The summed E-state index contributed by atoms with van der Waals surface area (Å²) < 4.78 is 0. The van der Waals surface area contributed by atoms with E-state index >= 15 is 0 Å². The second-order valence-corrected chi connectivity index (χ2v) is 2.56. The maximum atomic E-state index is 3.60. The summed E-state index contributed by atoms with van der Waals surface area (Å²) in [5.74, 6) is 0. The molecule has 0 aliphatic carbocycles. The summed E-state index contributed by atoms with van der Waals surface area (Å²) in [6.45, 7) is 17.2. The minimum Gasteiger partial charge on any atom is -1.00 e. The molecule has 0 bridgehead atoms. The Labute approximate surface area is 122 Å². The fourth-order valence-electron chi connectivity index (χ4n) is 0. The monoisotopic (exact) mass is 342 g/mol. The van der Waals surface area contributed by atoms with E-state index in [1.165, 1.54) is 19.3 Å². The van der Waals surface area contributed by atoms with Gasteiger partial charge in [0, 0.05) is 0 Å². The summed E-state index contributed by atoms with van der Waals surface area (Å²) in [7, 11) is 0. The second kappa shape index (κ2) is 58.5. The van der Waals surface area contributed by atoms with Crippen molar-refractivity contribution in [2.24, 2.45) is 0 Å².